The molecule has 0 atom stereocenters. The van der Waals surface area contributed by atoms with Gasteiger partial charge in [0.2, 0.25) is 0 Å². The van der Waals surface area contributed by atoms with Crippen molar-refractivity contribution in [1.29, 1.82) is 0 Å². The number of nitrogens with one attached hydrogen (secondary N) is 2. The Kier molecular flexibility index (Phi) is 9.04. The molecule has 0 spiro atoms. The van der Waals surface area contributed by atoms with Crippen LogP contribution in [0.1, 0.15) is 25.5 Å². The van der Waals surface area contributed by atoms with E-state index >= 15 is 0 Å². The highest BCUT2D eigenvalue weighted by molar-refractivity contribution is 7.98. The average Bonchev–Trinajstić information content (AvgIpc) is 2.71. The predicted octanol–water partition coefficient (Wildman–Crippen LogP) is 3.53. The van der Waals surface area contributed by atoms with Crippen molar-refractivity contribution in [2.24, 2.45) is 12.0 Å². The van der Waals surface area contributed by atoms with E-state index in [1.165, 1.54) is 12.2 Å². The Morgan fingerprint density at radius 1 is 1.33 bits per heavy atom. The summed E-state index contributed by atoms with van der Waals surface area (Å²) in [7, 11) is 1.89. The Bertz CT molecular complexity index is 460. The molecule has 0 saturated carbocycles. The van der Waals surface area contributed by atoms with Crippen molar-refractivity contribution < 1.29 is 0 Å². The maximum absolute atomic E-state index is 6.06. The van der Waals surface area contributed by atoms with E-state index < -0.39 is 0 Å². The van der Waals surface area contributed by atoms with Crippen molar-refractivity contribution in [3.8, 4) is 0 Å². The Morgan fingerprint density at radius 3 is 2.67 bits per heavy atom. The van der Waals surface area contributed by atoms with Gasteiger partial charge in [0.25, 0.3) is 0 Å². The quantitative estimate of drug-likeness (QED) is 0.428. The molecule has 21 heavy (non-hydrogen) atoms. The van der Waals surface area contributed by atoms with Crippen LogP contribution in [0.5, 0.6) is 0 Å². The number of rotatable bonds is 8. The summed E-state index contributed by atoms with van der Waals surface area (Å²) in [5.41, 5.74) is 0.990. The summed E-state index contributed by atoms with van der Waals surface area (Å²) in [6, 6.07) is 1.86. The zero-order valence-corrected chi connectivity index (χ0v) is 15.2. The molecule has 0 aromatic carbocycles. The number of nitrogens with zero attached hydrogens (tertiary/aromatic N) is 2. The fraction of sp³-hybridized carbons (Fsp3) is 0.643. The summed E-state index contributed by atoms with van der Waals surface area (Å²) in [6.07, 6.45) is 4.50. The smallest absolute Gasteiger partial charge is 0.191 e. The lowest BCUT2D eigenvalue weighted by molar-refractivity contribution is 0.730. The molecule has 1 aromatic heterocycles. The van der Waals surface area contributed by atoms with Crippen LogP contribution in [0.2, 0.25) is 10.2 Å². The maximum Gasteiger partial charge on any atom is 0.191 e. The standard InChI is InChI=1S/C14H24Cl2N4S/c1-4-17-14(18-7-5-6-8-21-3)19-10-11-9-12(15)13(16)20(11)2/h9H,4-8,10H2,1-3H3,(H2,17,18,19). The van der Waals surface area contributed by atoms with Crippen molar-refractivity contribution in [2.45, 2.75) is 26.3 Å². The lowest BCUT2D eigenvalue weighted by Gasteiger charge is -2.11. The number of aromatic nitrogens is 1. The van der Waals surface area contributed by atoms with Gasteiger partial charge in [0.05, 0.1) is 11.6 Å². The van der Waals surface area contributed by atoms with Crippen LogP contribution < -0.4 is 10.6 Å². The molecule has 2 N–H and O–H groups in total. The van der Waals surface area contributed by atoms with Crippen LogP contribution in [0.3, 0.4) is 0 Å². The summed E-state index contributed by atoms with van der Waals surface area (Å²) < 4.78 is 1.86. The number of hydrogen-bond acceptors (Lipinski definition) is 2. The van der Waals surface area contributed by atoms with Gasteiger partial charge in [-0.1, -0.05) is 23.2 Å². The highest BCUT2D eigenvalue weighted by Gasteiger charge is 2.08. The first kappa shape index (κ1) is 18.5. The van der Waals surface area contributed by atoms with E-state index in [1.54, 1.807) is 0 Å². The molecule has 1 heterocycles. The van der Waals surface area contributed by atoms with Gasteiger partial charge in [0, 0.05) is 25.8 Å². The second-order valence-electron chi connectivity index (χ2n) is 4.66. The van der Waals surface area contributed by atoms with Crippen molar-refractivity contribution in [2.75, 3.05) is 25.1 Å². The molecular weight excluding hydrogens is 327 g/mol. The molecule has 4 nitrogen and oxygen atoms in total. The zero-order valence-electron chi connectivity index (χ0n) is 12.9. The lowest BCUT2D eigenvalue weighted by Crippen LogP contribution is -2.37. The third kappa shape index (κ3) is 6.41. The van der Waals surface area contributed by atoms with Gasteiger partial charge in [0.1, 0.15) is 5.15 Å². The molecular formula is C14H24Cl2N4S. The molecule has 0 fully saturated rings. The maximum atomic E-state index is 6.06. The topological polar surface area (TPSA) is 41.4 Å². The Labute approximate surface area is 141 Å². The Balaban J connectivity index is 2.52. The minimum absolute atomic E-state index is 0.545. The number of thioether (sulfide) groups is 1. The highest BCUT2D eigenvalue weighted by atomic mass is 35.5. The van der Waals surface area contributed by atoms with Gasteiger partial charge in [-0.15, -0.1) is 0 Å². The van der Waals surface area contributed by atoms with Crippen LogP contribution in [0.15, 0.2) is 11.1 Å². The van der Waals surface area contributed by atoms with Crippen LogP contribution in [0, 0.1) is 0 Å². The second-order valence-corrected chi connectivity index (χ2v) is 6.41. The van der Waals surface area contributed by atoms with Crippen LogP contribution >= 0.6 is 35.0 Å². The monoisotopic (exact) mass is 350 g/mol. The third-order valence-corrected chi connectivity index (χ3v) is 4.57. The van der Waals surface area contributed by atoms with Gasteiger partial charge in [0.15, 0.2) is 5.96 Å². The molecule has 0 amide bonds. The minimum atomic E-state index is 0.545. The van der Waals surface area contributed by atoms with Gasteiger partial charge in [-0.2, -0.15) is 11.8 Å². The number of hydrogen-bond donors (Lipinski definition) is 2. The molecule has 0 saturated heterocycles. The minimum Gasteiger partial charge on any atom is -0.357 e. The predicted molar refractivity (Wildman–Crippen MR) is 95.9 cm³/mol. The summed E-state index contributed by atoms with van der Waals surface area (Å²) in [5.74, 6) is 2.03. The van der Waals surface area contributed by atoms with Crippen LogP contribution in [-0.4, -0.2) is 35.6 Å². The van der Waals surface area contributed by atoms with Crippen LogP contribution in [0.25, 0.3) is 0 Å². The molecule has 0 aliphatic rings. The largest absolute Gasteiger partial charge is 0.357 e. The van der Waals surface area contributed by atoms with E-state index in [2.05, 4.69) is 28.8 Å². The van der Waals surface area contributed by atoms with Gasteiger partial charge in [-0.3, -0.25) is 0 Å². The summed E-state index contributed by atoms with van der Waals surface area (Å²) in [6.45, 7) is 4.37. The fourth-order valence-corrected chi connectivity index (χ4v) is 2.73. The number of unbranched alkanes of at least 4 members (excludes halogenated alkanes) is 1. The van der Waals surface area contributed by atoms with Crippen molar-refractivity contribution in [3.05, 3.63) is 21.9 Å². The van der Waals surface area contributed by atoms with Crippen molar-refractivity contribution in [3.63, 3.8) is 0 Å². The number of halogens is 2. The van der Waals surface area contributed by atoms with E-state index in [1.807, 2.05) is 29.4 Å². The molecule has 0 aliphatic heterocycles. The molecule has 0 bridgehead atoms. The van der Waals surface area contributed by atoms with Crippen LogP contribution in [-0.2, 0) is 13.6 Å². The van der Waals surface area contributed by atoms with Crippen LogP contribution in [0.4, 0.5) is 0 Å². The molecule has 0 unspecified atom stereocenters. The van der Waals surface area contributed by atoms with Crippen molar-refractivity contribution >= 4 is 40.9 Å². The van der Waals surface area contributed by atoms with E-state index in [0.29, 0.717) is 16.7 Å². The molecule has 1 rings (SSSR count). The molecule has 0 radical (unpaired) electrons. The average molecular weight is 351 g/mol. The third-order valence-electron chi connectivity index (χ3n) is 3.03. The first-order valence-corrected chi connectivity index (χ1v) is 9.25. The molecule has 7 heteroatoms. The number of guanidine groups is 1. The van der Waals surface area contributed by atoms with Crippen molar-refractivity contribution in [1.82, 2.24) is 15.2 Å². The van der Waals surface area contributed by atoms with Gasteiger partial charge in [-0.25, -0.2) is 4.99 Å². The van der Waals surface area contributed by atoms with E-state index in [-0.39, 0.29) is 0 Å². The first-order chi connectivity index (χ1) is 10.1. The first-order valence-electron chi connectivity index (χ1n) is 7.10. The van der Waals surface area contributed by atoms with Gasteiger partial charge < -0.3 is 15.2 Å². The van der Waals surface area contributed by atoms with Gasteiger partial charge in [-0.05, 0) is 37.8 Å². The molecule has 120 valence electrons. The fourth-order valence-electron chi connectivity index (χ4n) is 1.82. The normalized spacial score (nSPS) is 11.8. The molecule has 0 aliphatic carbocycles. The summed E-state index contributed by atoms with van der Waals surface area (Å²) >= 11 is 13.9. The highest BCUT2D eigenvalue weighted by Crippen LogP contribution is 2.25. The summed E-state index contributed by atoms with van der Waals surface area (Å²) in [5, 5.41) is 7.71. The lowest BCUT2D eigenvalue weighted by atomic mass is 10.3. The Hall–Kier alpha value is -0.520. The Morgan fingerprint density at radius 2 is 2.10 bits per heavy atom. The van der Waals surface area contributed by atoms with E-state index in [0.717, 1.165) is 31.2 Å². The SMILES string of the molecule is CCNC(=NCc1cc(Cl)c(Cl)n1C)NCCCCSC. The second kappa shape index (κ2) is 10.2. The summed E-state index contributed by atoms with van der Waals surface area (Å²) in [4.78, 5) is 4.57. The zero-order chi connectivity index (χ0) is 15.7. The van der Waals surface area contributed by atoms with E-state index in [9.17, 15) is 0 Å². The molecule has 1 aromatic rings. The van der Waals surface area contributed by atoms with Gasteiger partial charge >= 0.3 is 0 Å². The van der Waals surface area contributed by atoms with E-state index in [4.69, 9.17) is 23.2 Å². The number of aliphatic imine (C=N–C) groups is 1.